The monoisotopic (exact) mass is 486 g/mol. The van der Waals surface area contributed by atoms with Crippen molar-refractivity contribution in [3.63, 3.8) is 0 Å². The summed E-state index contributed by atoms with van der Waals surface area (Å²) in [6.45, 7) is 9.68. The number of nitrogens with one attached hydrogen (secondary N) is 2. The lowest BCUT2D eigenvalue weighted by atomic mass is 10.1. The molecule has 0 amide bonds. The van der Waals surface area contributed by atoms with Gasteiger partial charge >= 0.3 is 0 Å². The van der Waals surface area contributed by atoms with Crippen molar-refractivity contribution in [3.05, 3.63) is 35.4 Å². The van der Waals surface area contributed by atoms with Gasteiger partial charge in [0.25, 0.3) is 0 Å². The number of likely N-dealkylation sites (tertiary alicyclic amines) is 1. The highest BCUT2D eigenvalue weighted by atomic mass is 127. The first-order valence-electron chi connectivity index (χ1n) is 10.2. The Bertz CT molecular complexity index is 554. The van der Waals surface area contributed by atoms with Crippen LogP contribution in [0.25, 0.3) is 0 Å². The van der Waals surface area contributed by atoms with Crippen molar-refractivity contribution in [2.75, 3.05) is 39.4 Å². The fourth-order valence-corrected chi connectivity index (χ4v) is 3.24. The average molecular weight is 486 g/mol. The molecule has 0 atom stereocenters. The number of benzene rings is 1. The lowest BCUT2D eigenvalue weighted by Gasteiger charge is -2.14. The van der Waals surface area contributed by atoms with Crippen LogP contribution < -0.4 is 10.6 Å². The molecule has 3 rings (SSSR count). The molecule has 27 heavy (non-hydrogen) atoms. The molecular formula is C21H35IN4O. The van der Waals surface area contributed by atoms with Gasteiger partial charge < -0.3 is 15.4 Å². The Hall–Kier alpha value is -0.860. The van der Waals surface area contributed by atoms with Crippen molar-refractivity contribution in [1.82, 2.24) is 15.5 Å². The highest BCUT2D eigenvalue weighted by Crippen LogP contribution is 2.28. The van der Waals surface area contributed by atoms with E-state index in [9.17, 15) is 0 Å². The Morgan fingerprint density at radius 1 is 1.11 bits per heavy atom. The van der Waals surface area contributed by atoms with Crippen LogP contribution >= 0.6 is 24.0 Å². The van der Waals surface area contributed by atoms with Crippen LogP contribution in [0.1, 0.15) is 43.7 Å². The minimum absolute atomic E-state index is 0. The topological polar surface area (TPSA) is 48.9 Å². The molecule has 0 bridgehead atoms. The molecule has 0 aromatic heterocycles. The number of guanidine groups is 1. The van der Waals surface area contributed by atoms with Gasteiger partial charge in [0.05, 0.1) is 13.2 Å². The molecule has 1 saturated heterocycles. The summed E-state index contributed by atoms with van der Waals surface area (Å²) in [5, 5.41) is 6.65. The summed E-state index contributed by atoms with van der Waals surface area (Å²) in [4.78, 5) is 7.22. The molecule has 6 heteroatoms. The van der Waals surface area contributed by atoms with Crippen molar-refractivity contribution in [2.24, 2.45) is 10.9 Å². The first-order chi connectivity index (χ1) is 12.8. The van der Waals surface area contributed by atoms with Crippen molar-refractivity contribution < 1.29 is 4.74 Å². The van der Waals surface area contributed by atoms with Crippen LogP contribution in [-0.4, -0.2) is 50.3 Å². The van der Waals surface area contributed by atoms with E-state index < -0.39 is 0 Å². The van der Waals surface area contributed by atoms with E-state index in [1.807, 2.05) is 0 Å². The van der Waals surface area contributed by atoms with Crippen molar-refractivity contribution in [3.8, 4) is 0 Å². The van der Waals surface area contributed by atoms with E-state index in [4.69, 9.17) is 9.73 Å². The number of hydrogen-bond donors (Lipinski definition) is 2. The molecule has 2 N–H and O–H groups in total. The first kappa shape index (κ1) is 22.4. The minimum Gasteiger partial charge on any atom is -0.379 e. The van der Waals surface area contributed by atoms with Gasteiger partial charge in [0.1, 0.15) is 0 Å². The SMILES string of the molecule is CCNC(=NCc1ccc(CN2CCCC2)cc1)NCCOCC1CC1.I. The molecule has 1 aliphatic heterocycles. The minimum atomic E-state index is 0. The van der Waals surface area contributed by atoms with Crippen molar-refractivity contribution >= 4 is 29.9 Å². The number of ether oxygens (including phenoxy) is 1. The van der Waals surface area contributed by atoms with Gasteiger partial charge in [-0.05, 0) is 62.7 Å². The summed E-state index contributed by atoms with van der Waals surface area (Å²) in [7, 11) is 0. The van der Waals surface area contributed by atoms with E-state index in [0.717, 1.165) is 44.7 Å². The molecule has 0 spiro atoms. The van der Waals surface area contributed by atoms with Gasteiger partial charge in [-0.3, -0.25) is 4.90 Å². The molecule has 0 radical (unpaired) electrons. The fraction of sp³-hybridized carbons (Fsp3) is 0.667. The number of halogens is 1. The Balaban J connectivity index is 0.00000261. The number of rotatable bonds is 10. The summed E-state index contributed by atoms with van der Waals surface area (Å²) < 4.78 is 5.67. The van der Waals surface area contributed by atoms with Crippen LogP contribution in [0, 0.1) is 5.92 Å². The zero-order valence-electron chi connectivity index (χ0n) is 16.6. The summed E-state index contributed by atoms with van der Waals surface area (Å²) in [5.41, 5.74) is 2.65. The molecule has 2 fully saturated rings. The smallest absolute Gasteiger partial charge is 0.191 e. The van der Waals surface area contributed by atoms with Gasteiger partial charge in [0.2, 0.25) is 0 Å². The second-order valence-corrected chi connectivity index (χ2v) is 7.44. The molecule has 0 unspecified atom stereocenters. The third-order valence-electron chi connectivity index (χ3n) is 4.98. The van der Waals surface area contributed by atoms with Crippen LogP contribution in [0.4, 0.5) is 0 Å². The van der Waals surface area contributed by atoms with E-state index in [0.29, 0.717) is 6.54 Å². The molecule has 1 aliphatic carbocycles. The molecule has 1 aromatic carbocycles. The van der Waals surface area contributed by atoms with Gasteiger partial charge in [-0.25, -0.2) is 4.99 Å². The van der Waals surface area contributed by atoms with Gasteiger partial charge in [-0.2, -0.15) is 0 Å². The lowest BCUT2D eigenvalue weighted by Crippen LogP contribution is -2.39. The Morgan fingerprint density at radius 2 is 1.81 bits per heavy atom. The predicted octanol–water partition coefficient (Wildman–Crippen LogP) is 3.38. The fourth-order valence-electron chi connectivity index (χ4n) is 3.24. The molecule has 2 aliphatic rings. The van der Waals surface area contributed by atoms with Gasteiger partial charge in [-0.15, -0.1) is 24.0 Å². The maximum absolute atomic E-state index is 5.67. The summed E-state index contributed by atoms with van der Waals surface area (Å²) in [6, 6.07) is 8.90. The largest absolute Gasteiger partial charge is 0.379 e. The van der Waals surface area contributed by atoms with Crippen LogP contribution in [0.15, 0.2) is 29.3 Å². The Morgan fingerprint density at radius 3 is 2.48 bits per heavy atom. The van der Waals surface area contributed by atoms with E-state index in [-0.39, 0.29) is 24.0 Å². The zero-order valence-corrected chi connectivity index (χ0v) is 18.9. The Kier molecular flexibility index (Phi) is 10.4. The lowest BCUT2D eigenvalue weighted by molar-refractivity contribution is 0.129. The van der Waals surface area contributed by atoms with Crippen LogP contribution in [0.2, 0.25) is 0 Å². The first-order valence-corrected chi connectivity index (χ1v) is 10.2. The third kappa shape index (κ3) is 8.79. The average Bonchev–Trinajstić information content (AvgIpc) is 3.34. The second-order valence-electron chi connectivity index (χ2n) is 7.44. The maximum atomic E-state index is 5.67. The molecular weight excluding hydrogens is 451 g/mol. The quantitative estimate of drug-likeness (QED) is 0.231. The van der Waals surface area contributed by atoms with Gasteiger partial charge in [0.15, 0.2) is 5.96 Å². The van der Waals surface area contributed by atoms with Crippen LogP contribution in [0.3, 0.4) is 0 Å². The second kappa shape index (κ2) is 12.6. The zero-order chi connectivity index (χ0) is 18.0. The standard InChI is InChI=1S/C21H34N4O.HI/c1-2-22-21(23-11-14-26-17-20-9-10-20)24-15-18-5-7-19(8-6-18)16-25-12-3-4-13-25;/h5-8,20H,2-4,9-17H2,1H3,(H2,22,23,24);1H. The summed E-state index contributed by atoms with van der Waals surface area (Å²) >= 11 is 0. The van der Waals surface area contributed by atoms with E-state index in [2.05, 4.69) is 46.7 Å². The van der Waals surface area contributed by atoms with Crippen LogP contribution in [0.5, 0.6) is 0 Å². The molecule has 1 aromatic rings. The third-order valence-corrected chi connectivity index (χ3v) is 4.98. The predicted molar refractivity (Wildman–Crippen MR) is 123 cm³/mol. The maximum Gasteiger partial charge on any atom is 0.191 e. The Labute approximate surface area is 181 Å². The number of nitrogens with zero attached hydrogens (tertiary/aromatic N) is 2. The molecule has 1 saturated carbocycles. The van der Waals surface area contributed by atoms with Crippen molar-refractivity contribution in [1.29, 1.82) is 0 Å². The van der Waals surface area contributed by atoms with Gasteiger partial charge in [0, 0.05) is 26.2 Å². The number of aliphatic imine (C=N–C) groups is 1. The number of hydrogen-bond acceptors (Lipinski definition) is 3. The van der Waals surface area contributed by atoms with Crippen molar-refractivity contribution in [2.45, 2.75) is 45.7 Å². The molecule has 5 nitrogen and oxygen atoms in total. The highest BCUT2D eigenvalue weighted by Gasteiger charge is 2.20. The molecule has 1 heterocycles. The summed E-state index contributed by atoms with van der Waals surface area (Å²) in [6.07, 6.45) is 5.37. The van der Waals surface area contributed by atoms with Crippen LogP contribution in [-0.2, 0) is 17.8 Å². The normalized spacial score (nSPS) is 17.6. The van der Waals surface area contributed by atoms with Gasteiger partial charge in [-0.1, -0.05) is 24.3 Å². The highest BCUT2D eigenvalue weighted by molar-refractivity contribution is 14.0. The van der Waals surface area contributed by atoms with E-state index >= 15 is 0 Å². The summed E-state index contributed by atoms with van der Waals surface area (Å²) in [5.74, 6) is 1.69. The van der Waals surface area contributed by atoms with E-state index in [1.165, 1.54) is 49.9 Å². The molecule has 152 valence electrons. The van der Waals surface area contributed by atoms with E-state index in [1.54, 1.807) is 0 Å².